The summed E-state index contributed by atoms with van der Waals surface area (Å²) >= 11 is 0. The molecule has 1 aromatic carbocycles. The maximum absolute atomic E-state index is 13.8. The molecule has 0 aliphatic carbocycles. The summed E-state index contributed by atoms with van der Waals surface area (Å²) in [5.74, 6) is 0.181. The summed E-state index contributed by atoms with van der Waals surface area (Å²) in [7, 11) is 0. The number of rotatable bonds is 2. The molecule has 1 N–H and O–H groups in total. The van der Waals surface area contributed by atoms with E-state index in [-0.39, 0.29) is 12.2 Å². The van der Waals surface area contributed by atoms with Crippen LogP contribution in [0.2, 0.25) is 0 Å². The van der Waals surface area contributed by atoms with Gasteiger partial charge >= 0.3 is 0 Å². The Morgan fingerprint density at radius 3 is 2.87 bits per heavy atom. The Labute approximate surface area is 87.4 Å². The molecule has 4 heteroatoms. The van der Waals surface area contributed by atoms with Crippen molar-refractivity contribution in [3.63, 3.8) is 0 Å². The van der Waals surface area contributed by atoms with Gasteiger partial charge in [-0.15, -0.1) is 0 Å². The Bertz CT molecular complexity index is 363. The molecule has 1 unspecified atom stereocenters. The summed E-state index contributed by atoms with van der Waals surface area (Å²) in [5.41, 5.74) is 0.453. The van der Waals surface area contributed by atoms with Crippen molar-refractivity contribution in [1.82, 2.24) is 0 Å². The number of hydrogen-bond donors (Lipinski definition) is 1. The summed E-state index contributed by atoms with van der Waals surface area (Å²) < 4.78 is 24.2. The predicted molar refractivity (Wildman–Crippen MR) is 52.8 cm³/mol. The molecule has 1 aliphatic heterocycles. The van der Waals surface area contributed by atoms with Gasteiger partial charge in [0.2, 0.25) is 0 Å². The predicted octanol–water partition coefficient (Wildman–Crippen LogP) is 1.52. The first-order valence-corrected chi connectivity index (χ1v) is 4.93. The highest BCUT2D eigenvalue weighted by Crippen LogP contribution is 2.34. The highest BCUT2D eigenvalue weighted by atomic mass is 19.1. The molecule has 0 spiro atoms. The number of aliphatic hydroxyl groups is 1. The van der Waals surface area contributed by atoms with Crippen molar-refractivity contribution in [3.05, 3.63) is 23.5 Å². The SMILES string of the molecule is CC(O)Cc1ccc2c(c1F)OCCO2. The summed E-state index contributed by atoms with van der Waals surface area (Å²) in [6, 6.07) is 3.30. The highest BCUT2D eigenvalue weighted by molar-refractivity contribution is 5.45. The molecule has 0 saturated carbocycles. The minimum atomic E-state index is -0.568. The zero-order chi connectivity index (χ0) is 10.8. The maximum atomic E-state index is 13.8. The van der Waals surface area contributed by atoms with Crippen molar-refractivity contribution in [3.8, 4) is 11.5 Å². The van der Waals surface area contributed by atoms with Crippen molar-refractivity contribution in [1.29, 1.82) is 0 Å². The lowest BCUT2D eigenvalue weighted by Gasteiger charge is -2.20. The number of benzene rings is 1. The van der Waals surface area contributed by atoms with Gasteiger partial charge in [0, 0.05) is 6.42 Å². The highest BCUT2D eigenvalue weighted by Gasteiger charge is 2.19. The van der Waals surface area contributed by atoms with E-state index in [9.17, 15) is 9.50 Å². The maximum Gasteiger partial charge on any atom is 0.197 e. The van der Waals surface area contributed by atoms with Crippen LogP contribution in [0.3, 0.4) is 0 Å². The van der Waals surface area contributed by atoms with Crippen LogP contribution in [0.15, 0.2) is 12.1 Å². The Morgan fingerprint density at radius 1 is 1.40 bits per heavy atom. The Balaban J connectivity index is 2.34. The van der Waals surface area contributed by atoms with E-state index in [1.807, 2.05) is 0 Å². The number of halogens is 1. The van der Waals surface area contributed by atoms with Crippen LogP contribution in [0.5, 0.6) is 11.5 Å². The van der Waals surface area contributed by atoms with Crippen LogP contribution >= 0.6 is 0 Å². The zero-order valence-corrected chi connectivity index (χ0v) is 8.50. The first-order chi connectivity index (χ1) is 7.18. The summed E-state index contributed by atoms with van der Waals surface area (Å²) in [4.78, 5) is 0. The lowest BCUT2D eigenvalue weighted by molar-refractivity contribution is 0.162. The van der Waals surface area contributed by atoms with Gasteiger partial charge in [-0.2, -0.15) is 0 Å². The van der Waals surface area contributed by atoms with E-state index in [1.54, 1.807) is 19.1 Å². The van der Waals surface area contributed by atoms with Gasteiger partial charge in [0.15, 0.2) is 17.3 Å². The number of fused-ring (bicyclic) bond motifs is 1. The fourth-order valence-electron chi connectivity index (χ4n) is 1.60. The molecule has 0 amide bonds. The van der Waals surface area contributed by atoms with E-state index in [0.717, 1.165) is 0 Å². The molecule has 0 aromatic heterocycles. The Kier molecular flexibility index (Phi) is 2.77. The van der Waals surface area contributed by atoms with E-state index >= 15 is 0 Å². The average Bonchev–Trinajstić information content (AvgIpc) is 2.22. The average molecular weight is 212 g/mol. The Hall–Kier alpha value is -1.29. The second kappa shape index (κ2) is 4.06. The molecular weight excluding hydrogens is 199 g/mol. The van der Waals surface area contributed by atoms with Gasteiger partial charge in [-0.1, -0.05) is 6.07 Å². The van der Waals surface area contributed by atoms with Gasteiger partial charge in [0.05, 0.1) is 6.10 Å². The summed E-state index contributed by atoms with van der Waals surface area (Å²) in [5, 5.41) is 9.20. The topological polar surface area (TPSA) is 38.7 Å². The van der Waals surface area contributed by atoms with Gasteiger partial charge in [-0.3, -0.25) is 0 Å². The van der Waals surface area contributed by atoms with Crippen LogP contribution in [0.4, 0.5) is 4.39 Å². The van der Waals surface area contributed by atoms with Crippen LogP contribution in [-0.2, 0) is 6.42 Å². The molecule has 0 saturated heterocycles. The zero-order valence-electron chi connectivity index (χ0n) is 8.50. The van der Waals surface area contributed by atoms with Gasteiger partial charge in [-0.05, 0) is 18.6 Å². The minimum Gasteiger partial charge on any atom is -0.486 e. The van der Waals surface area contributed by atoms with Crippen LogP contribution in [0.1, 0.15) is 12.5 Å². The molecule has 1 aromatic rings. The summed E-state index contributed by atoms with van der Waals surface area (Å²) in [6.45, 7) is 2.43. The molecule has 82 valence electrons. The molecule has 0 fully saturated rings. The molecule has 1 atom stereocenters. The van der Waals surface area contributed by atoms with Gasteiger partial charge < -0.3 is 14.6 Å². The van der Waals surface area contributed by atoms with Crippen LogP contribution in [0.25, 0.3) is 0 Å². The van der Waals surface area contributed by atoms with Gasteiger partial charge in [0.1, 0.15) is 13.2 Å². The molecule has 2 rings (SSSR count). The molecule has 15 heavy (non-hydrogen) atoms. The van der Waals surface area contributed by atoms with E-state index in [1.165, 1.54) is 0 Å². The van der Waals surface area contributed by atoms with Gasteiger partial charge in [0.25, 0.3) is 0 Å². The second-order valence-electron chi connectivity index (χ2n) is 3.62. The van der Waals surface area contributed by atoms with Crippen molar-refractivity contribution in [2.24, 2.45) is 0 Å². The largest absolute Gasteiger partial charge is 0.486 e. The first-order valence-electron chi connectivity index (χ1n) is 4.93. The second-order valence-corrected chi connectivity index (χ2v) is 3.62. The monoisotopic (exact) mass is 212 g/mol. The Morgan fingerprint density at radius 2 is 2.13 bits per heavy atom. The lowest BCUT2D eigenvalue weighted by atomic mass is 10.1. The van der Waals surface area contributed by atoms with Crippen molar-refractivity contribution in [2.75, 3.05) is 13.2 Å². The fourth-order valence-corrected chi connectivity index (χ4v) is 1.60. The van der Waals surface area contributed by atoms with E-state index in [4.69, 9.17) is 9.47 Å². The van der Waals surface area contributed by atoms with Crippen molar-refractivity contribution >= 4 is 0 Å². The molecule has 0 radical (unpaired) electrons. The van der Waals surface area contributed by atoms with Gasteiger partial charge in [-0.25, -0.2) is 4.39 Å². The van der Waals surface area contributed by atoms with E-state index in [2.05, 4.69) is 0 Å². The minimum absolute atomic E-state index is 0.166. The molecule has 1 heterocycles. The number of hydrogen-bond acceptors (Lipinski definition) is 3. The smallest absolute Gasteiger partial charge is 0.197 e. The first kappa shape index (κ1) is 10.2. The lowest BCUT2D eigenvalue weighted by Crippen LogP contribution is -2.17. The molecule has 1 aliphatic rings. The third-order valence-corrected chi connectivity index (χ3v) is 2.24. The van der Waals surface area contributed by atoms with Crippen molar-refractivity contribution in [2.45, 2.75) is 19.4 Å². The number of aliphatic hydroxyl groups excluding tert-OH is 1. The third kappa shape index (κ3) is 2.04. The standard InChI is InChI=1S/C11H13FO3/c1-7(13)6-8-2-3-9-11(10(8)12)15-5-4-14-9/h2-3,7,13H,4-6H2,1H3. The fraction of sp³-hybridized carbons (Fsp3) is 0.455. The number of ether oxygens (including phenoxy) is 2. The quantitative estimate of drug-likeness (QED) is 0.807. The normalized spacial score (nSPS) is 16.2. The van der Waals surface area contributed by atoms with E-state index < -0.39 is 11.9 Å². The molecular formula is C11H13FO3. The molecule has 0 bridgehead atoms. The van der Waals surface area contributed by atoms with Crippen LogP contribution < -0.4 is 9.47 Å². The third-order valence-electron chi connectivity index (χ3n) is 2.24. The summed E-state index contributed by atoms with van der Waals surface area (Å²) in [6.07, 6.45) is -0.287. The molecule has 3 nitrogen and oxygen atoms in total. The van der Waals surface area contributed by atoms with Crippen LogP contribution in [0, 0.1) is 5.82 Å². The van der Waals surface area contributed by atoms with E-state index in [0.29, 0.717) is 24.5 Å². The van der Waals surface area contributed by atoms with Crippen molar-refractivity contribution < 1.29 is 19.0 Å². The van der Waals surface area contributed by atoms with Crippen LogP contribution in [-0.4, -0.2) is 24.4 Å².